The van der Waals surface area contributed by atoms with Gasteiger partial charge in [-0.3, -0.25) is 4.79 Å². The van der Waals surface area contributed by atoms with Crippen LogP contribution in [0.1, 0.15) is 31.7 Å². The summed E-state index contributed by atoms with van der Waals surface area (Å²) < 4.78 is 0. The molecule has 15 heavy (non-hydrogen) atoms. The zero-order valence-electron chi connectivity index (χ0n) is 9.28. The molecule has 2 N–H and O–H groups in total. The van der Waals surface area contributed by atoms with Crippen molar-refractivity contribution < 1.29 is 4.79 Å². The normalized spacial score (nSPS) is 12.3. The molecule has 1 atom stereocenters. The van der Waals surface area contributed by atoms with Gasteiger partial charge in [-0.2, -0.15) is 0 Å². The summed E-state index contributed by atoms with van der Waals surface area (Å²) >= 11 is 0. The largest absolute Gasteiger partial charge is 0.369 e. The van der Waals surface area contributed by atoms with Gasteiger partial charge in [0.25, 0.3) is 0 Å². The quantitative estimate of drug-likeness (QED) is 0.762. The Morgan fingerprint density at radius 2 is 1.93 bits per heavy atom. The highest BCUT2D eigenvalue weighted by molar-refractivity contribution is 5.76. The fourth-order valence-electron chi connectivity index (χ4n) is 1.76. The zero-order valence-corrected chi connectivity index (χ0v) is 9.28. The smallest absolute Gasteiger partial charge is 0.220 e. The molecule has 0 heterocycles. The number of benzene rings is 1. The molecule has 1 rings (SSSR count). The van der Waals surface area contributed by atoms with Crippen molar-refractivity contribution >= 4 is 5.91 Å². The second-order valence-corrected chi connectivity index (χ2v) is 3.91. The lowest BCUT2D eigenvalue weighted by molar-refractivity contribution is -0.122. The maximum absolute atomic E-state index is 11.1. The number of hydrogen-bond acceptors (Lipinski definition) is 1. The van der Waals surface area contributed by atoms with Crippen LogP contribution in [0.15, 0.2) is 30.3 Å². The summed E-state index contributed by atoms with van der Waals surface area (Å²) in [6, 6.07) is 10.2. The van der Waals surface area contributed by atoms with Crippen LogP contribution in [0.2, 0.25) is 0 Å². The zero-order chi connectivity index (χ0) is 11.1. The molecule has 1 unspecified atom stereocenters. The summed E-state index contributed by atoms with van der Waals surface area (Å²) in [6.45, 7) is 2.08. The lowest BCUT2D eigenvalue weighted by Gasteiger charge is -2.11. The van der Waals surface area contributed by atoms with E-state index in [0.717, 1.165) is 25.7 Å². The molecule has 1 aromatic rings. The standard InChI is InChI=1S/C13H19NO/c1-2-6-12(13(14)15)10-9-11-7-4-3-5-8-11/h3-5,7-8,12H,2,6,9-10H2,1H3,(H2,14,15). The van der Waals surface area contributed by atoms with Crippen molar-refractivity contribution in [3.63, 3.8) is 0 Å². The van der Waals surface area contributed by atoms with E-state index in [9.17, 15) is 4.79 Å². The highest BCUT2D eigenvalue weighted by Crippen LogP contribution is 2.14. The van der Waals surface area contributed by atoms with Crippen LogP contribution in [0.4, 0.5) is 0 Å². The van der Waals surface area contributed by atoms with Gasteiger partial charge in [-0.1, -0.05) is 43.7 Å². The molecule has 0 aliphatic carbocycles. The van der Waals surface area contributed by atoms with E-state index in [1.807, 2.05) is 18.2 Å². The van der Waals surface area contributed by atoms with Crippen LogP contribution in [0, 0.1) is 5.92 Å². The van der Waals surface area contributed by atoms with E-state index in [2.05, 4.69) is 19.1 Å². The highest BCUT2D eigenvalue weighted by Gasteiger charge is 2.13. The summed E-state index contributed by atoms with van der Waals surface area (Å²) in [6.07, 6.45) is 3.73. The van der Waals surface area contributed by atoms with E-state index in [1.54, 1.807) is 0 Å². The van der Waals surface area contributed by atoms with E-state index >= 15 is 0 Å². The van der Waals surface area contributed by atoms with Gasteiger partial charge in [-0.25, -0.2) is 0 Å². The summed E-state index contributed by atoms with van der Waals surface area (Å²) in [5.74, 6) is -0.122. The molecule has 1 aromatic carbocycles. The summed E-state index contributed by atoms with van der Waals surface area (Å²) in [4.78, 5) is 11.1. The molecule has 0 radical (unpaired) electrons. The summed E-state index contributed by atoms with van der Waals surface area (Å²) in [5, 5.41) is 0. The molecule has 2 heteroatoms. The van der Waals surface area contributed by atoms with Crippen molar-refractivity contribution in [3.05, 3.63) is 35.9 Å². The van der Waals surface area contributed by atoms with Crippen LogP contribution in [0.5, 0.6) is 0 Å². The van der Waals surface area contributed by atoms with Gasteiger partial charge < -0.3 is 5.73 Å². The van der Waals surface area contributed by atoms with Crippen LogP contribution in [0.25, 0.3) is 0 Å². The number of amides is 1. The Balaban J connectivity index is 2.43. The van der Waals surface area contributed by atoms with Gasteiger partial charge in [-0.05, 0) is 24.8 Å². The number of nitrogens with two attached hydrogens (primary N) is 1. The van der Waals surface area contributed by atoms with Crippen LogP contribution in [-0.4, -0.2) is 5.91 Å². The van der Waals surface area contributed by atoms with Gasteiger partial charge in [0.05, 0.1) is 0 Å². The Hall–Kier alpha value is -1.31. The Labute approximate surface area is 91.5 Å². The maximum Gasteiger partial charge on any atom is 0.220 e. The third-order valence-corrected chi connectivity index (χ3v) is 2.66. The number of rotatable bonds is 6. The van der Waals surface area contributed by atoms with Gasteiger partial charge in [-0.15, -0.1) is 0 Å². The second kappa shape index (κ2) is 6.23. The topological polar surface area (TPSA) is 43.1 Å². The number of carbonyl (C=O) groups excluding carboxylic acids is 1. The predicted octanol–water partition coefficient (Wildman–Crippen LogP) is 2.52. The Kier molecular flexibility index (Phi) is 4.88. The van der Waals surface area contributed by atoms with Crippen molar-refractivity contribution in [1.29, 1.82) is 0 Å². The Morgan fingerprint density at radius 3 is 2.47 bits per heavy atom. The molecule has 0 saturated heterocycles. The lowest BCUT2D eigenvalue weighted by Crippen LogP contribution is -2.23. The van der Waals surface area contributed by atoms with E-state index in [1.165, 1.54) is 5.56 Å². The average molecular weight is 205 g/mol. The number of aryl methyl sites for hydroxylation is 1. The maximum atomic E-state index is 11.1. The molecule has 0 saturated carbocycles. The molecule has 0 bridgehead atoms. The molecule has 82 valence electrons. The third kappa shape index (κ3) is 4.15. The van der Waals surface area contributed by atoms with Crippen molar-refractivity contribution in [2.24, 2.45) is 11.7 Å². The van der Waals surface area contributed by atoms with Gasteiger partial charge in [0.1, 0.15) is 0 Å². The Morgan fingerprint density at radius 1 is 1.27 bits per heavy atom. The second-order valence-electron chi connectivity index (χ2n) is 3.91. The fraction of sp³-hybridized carbons (Fsp3) is 0.462. The minimum Gasteiger partial charge on any atom is -0.369 e. The molecule has 0 fully saturated rings. The fourth-order valence-corrected chi connectivity index (χ4v) is 1.76. The first-order chi connectivity index (χ1) is 7.24. The molecule has 0 aliphatic rings. The van der Waals surface area contributed by atoms with Crippen LogP contribution < -0.4 is 5.73 Å². The molecular weight excluding hydrogens is 186 g/mol. The molecule has 2 nitrogen and oxygen atoms in total. The number of primary amides is 1. The molecule has 1 amide bonds. The highest BCUT2D eigenvalue weighted by atomic mass is 16.1. The van der Waals surface area contributed by atoms with Crippen LogP contribution in [0.3, 0.4) is 0 Å². The van der Waals surface area contributed by atoms with E-state index in [0.29, 0.717) is 0 Å². The number of hydrogen-bond donors (Lipinski definition) is 1. The molecule has 0 aromatic heterocycles. The van der Waals surface area contributed by atoms with Gasteiger partial charge in [0.15, 0.2) is 0 Å². The monoisotopic (exact) mass is 205 g/mol. The molecule has 0 aliphatic heterocycles. The van der Waals surface area contributed by atoms with E-state index in [4.69, 9.17) is 5.73 Å². The molecule has 0 spiro atoms. The van der Waals surface area contributed by atoms with Crippen molar-refractivity contribution in [2.45, 2.75) is 32.6 Å². The third-order valence-electron chi connectivity index (χ3n) is 2.66. The molecular formula is C13H19NO. The van der Waals surface area contributed by atoms with E-state index in [-0.39, 0.29) is 11.8 Å². The van der Waals surface area contributed by atoms with Gasteiger partial charge >= 0.3 is 0 Å². The first-order valence-electron chi connectivity index (χ1n) is 5.57. The minimum absolute atomic E-state index is 0.0372. The van der Waals surface area contributed by atoms with Crippen LogP contribution in [-0.2, 0) is 11.2 Å². The van der Waals surface area contributed by atoms with Crippen molar-refractivity contribution in [1.82, 2.24) is 0 Å². The van der Waals surface area contributed by atoms with Crippen LogP contribution >= 0.6 is 0 Å². The van der Waals surface area contributed by atoms with Crippen molar-refractivity contribution in [3.8, 4) is 0 Å². The van der Waals surface area contributed by atoms with Crippen molar-refractivity contribution in [2.75, 3.05) is 0 Å². The first-order valence-corrected chi connectivity index (χ1v) is 5.57. The summed E-state index contributed by atoms with van der Waals surface area (Å²) in [5.41, 5.74) is 6.63. The first kappa shape index (κ1) is 11.8. The van der Waals surface area contributed by atoms with Gasteiger partial charge in [0.2, 0.25) is 5.91 Å². The van der Waals surface area contributed by atoms with Gasteiger partial charge in [0, 0.05) is 5.92 Å². The van der Waals surface area contributed by atoms with E-state index < -0.39 is 0 Å². The number of carbonyl (C=O) groups is 1. The minimum atomic E-state index is -0.159. The predicted molar refractivity (Wildman–Crippen MR) is 62.4 cm³/mol. The Bertz CT molecular complexity index is 295. The lowest BCUT2D eigenvalue weighted by atomic mass is 9.95. The SMILES string of the molecule is CCCC(CCc1ccccc1)C(N)=O. The average Bonchev–Trinajstić information content (AvgIpc) is 2.25. The summed E-state index contributed by atoms with van der Waals surface area (Å²) in [7, 11) is 0.